The van der Waals surface area contributed by atoms with E-state index in [0.29, 0.717) is 0 Å². The van der Waals surface area contributed by atoms with Crippen molar-refractivity contribution in [3.05, 3.63) is 132 Å². The smallest absolute Gasteiger partial charge is 0.166 e. The van der Waals surface area contributed by atoms with Crippen molar-refractivity contribution in [2.45, 2.75) is 18.1 Å². The molecule has 3 aromatic carbocycles. The topological polar surface area (TPSA) is 41.1 Å². The van der Waals surface area contributed by atoms with Gasteiger partial charge in [-0.15, -0.1) is 0 Å². The fourth-order valence-corrected chi connectivity index (χ4v) is 4.02. The van der Waals surface area contributed by atoms with E-state index in [2.05, 4.69) is 47.0 Å². The molecule has 3 aromatic rings. The Bertz CT molecular complexity index is 929. The molecule has 0 fully saturated rings. The van der Waals surface area contributed by atoms with Gasteiger partial charge < -0.3 is 5.32 Å². The molecular formula is C26H24N2O. The van der Waals surface area contributed by atoms with E-state index < -0.39 is 11.2 Å². The molecule has 1 heterocycles. The molecule has 3 heteroatoms. The van der Waals surface area contributed by atoms with E-state index in [9.17, 15) is 4.79 Å². The zero-order valence-corrected chi connectivity index (χ0v) is 16.4. The van der Waals surface area contributed by atoms with E-state index in [1.54, 1.807) is 0 Å². The van der Waals surface area contributed by atoms with Crippen molar-refractivity contribution in [1.29, 1.82) is 0 Å². The standard InChI is InChI=1S/C26H24N2O/c1-21-17-18-27-25(19-21,20-29)28-26(22-11-5-2-6-12-22,23-13-7-3-8-14-23)24-15-9-4-10-16-24/h2-20,27-28H,1H3. The van der Waals surface area contributed by atoms with Gasteiger partial charge in [-0.2, -0.15) is 0 Å². The molecule has 0 aromatic heterocycles. The Hall–Kier alpha value is -3.43. The van der Waals surface area contributed by atoms with Gasteiger partial charge >= 0.3 is 0 Å². The van der Waals surface area contributed by atoms with E-state index >= 15 is 0 Å². The van der Waals surface area contributed by atoms with Crippen LogP contribution in [0.15, 0.2) is 115 Å². The van der Waals surface area contributed by atoms with Crippen molar-refractivity contribution >= 4 is 6.29 Å². The zero-order chi connectivity index (χ0) is 20.2. The maximum Gasteiger partial charge on any atom is 0.166 e. The number of carbonyl (C=O) groups excluding carboxylic acids is 1. The normalized spacial score (nSPS) is 18.6. The molecule has 3 nitrogen and oxygen atoms in total. The molecule has 0 aliphatic carbocycles. The van der Waals surface area contributed by atoms with Crippen LogP contribution >= 0.6 is 0 Å². The number of dihydropyridines is 1. The van der Waals surface area contributed by atoms with Gasteiger partial charge in [-0.05, 0) is 47.5 Å². The van der Waals surface area contributed by atoms with Crippen molar-refractivity contribution in [2.24, 2.45) is 0 Å². The highest BCUT2D eigenvalue weighted by Gasteiger charge is 2.43. The van der Waals surface area contributed by atoms with Crippen LogP contribution in [0.1, 0.15) is 23.6 Å². The van der Waals surface area contributed by atoms with Crippen LogP contribution in [0.25, 0.3) is 0 Å². The van der Waals surface area contributed by atoms with E-state index in [1.165, 1.54) is 0 Å². The Morgan fingerprint density at radius 3 is 1.62 bits per heavy atom. The van der Waals surface area contributed by atoms with E-state index in [-0.39, 0.29) is 0 Å². The molecule has 2 N–H and O–H groups in total. The van der Waals surface area contributed by atoms with Crippen molar-refractivity contribution < 1.29 is 4.79 Å². The highest BCUT2D eigenvalue weighted by Crippen LogP contribution is 2.38. The first-order valence-electron chi connectivity index (χ1n) is 9.74. The van der Waals surface area contributed by atoms with Gasteiger partial charge in [-0.3, -0.25) is 10.1 Å². The van der Waals surface area contributed by atoms with E-state index in [0.717, 1.165) is 28.5 Å². The Labute approximate surface area is 171 Å². The minimum atomic E-state index is -1.04. The van der Waals surface area contributed by atoms with Crippen LogP contribution in [-0.4, -0.2) is 11.9 Å². The first-order chi connectivity index (χ1) is 14.2. The molecule has 0 spiro atoms. The molecule has 0 amide bonds. The van der Waals surface area contributed by atoms with Gasteiger partial charge in [0.2, 0.25) is 0 Å². The van der Waals surface area contributed by atoms with Crippen LogP contribution in [0.5, 0.6) is 0 Å². The summed E-state index contributed by atoms with van der Waals surface area (Å²) in [5.41, 5.74) is 2.41. The Balaban J connectivity index is 2.01. The average molecular weight is 380 g/mol. The summed E-state index contributed by atoms with van der Waals surface area (Å²) in [6.07, 6.45) is 6.65. The zero-order valence-electron chi connectivity index (χ0n) is 16.4. The molecule has 0 bridgehead atoms. The third-order valence-corrected chi connectivity index (χ3v) is 5.32. The number of allylic oxidation sites excluding steroid dienone is 2. The molecule has 144 valence electrons. The van der Waals surface area contributed by atoms with E-state index in [4.69, 9.17) is 0 Å². The van der Waals surface area contributed by atoms with Crippen molar-refractivity contribution in [3.8, 4) is 0 Å². The summed E-state index contributed by atoms with van der Waals surface area (Å²) < 4.78 is 0. The molecule has 1 atom stereocenters. The first-order valence-corrected chi connectivity index (χ1v) is 9.74. The van der Waals surface area contributed by atoms with Crippen LogP contribution in [0.2, 0.25) is 0 Å². The molecule has 1 aliphatic rings. The van der Waals surface area contributed by atoms with Gasteiger partial charge in [0.05, 0.1) is 5.54 Å². The Morgan fingerprint density at radius 2 is 1.24 bits per heavy atom. The van der Waals surface area contributed by atoms with Crippen molar-refractivity contribution in [1.82, 2.24) is 10.6 Å². The highest BCUT2D eigenvalue weighted by molar-refractivity contribution is 5.70. The van der Waals surface area contributed by atoms with Gasteiger partial charge in [-0.1, -0.05) is 91.0 Å². The van der Waals surface area contributed by atoms with Gasteiger partial charge in [0.15, 0.2) is 11.9 Å². The minimum Gasteiger partial charge on any atom is -0.364 e. The number of hydrogen-bond acceptors (Lipinski definition) is 3. The van der Waals surface area contributed by atoms with Crippen LogP contribution in [0, 0.1) is 0 Å². The number of hydrogen-bond donors (Lipinski definition) is 2. The quantitative estimate of drug-likeness (QED) is 0.488. The molecule has 0 radical (unpaired) electrons. The number of carbonyl (C=O) groups is 1. The number of aldehydes is 1. The predicted octanol–water partition coefficient (Wildman–Crippen LogP) is 4.53. The second kappa shape index (κ2) is 7.90. The molecule has 0 saturated carbocycles. The average Bonchev–Trinajstić information content (AvgIpc) is 2.79. The van der Waals surface area contributed by atoms with Crippen LogP contribution < -0.4 is 10.6 Å². The molecule has 4 rings (SSSR count). The molecule has 1 unspecified atom stereocenters. The largest absolute Gasteiger partial charge is 0.364 e. The lowest BCUT2D eigenvalue weighted by Gasteiger charge is -2.44. The maximum atomic E-state index is 12.4. The third-order valence-electron chi connectivity index (χ3n) is 5.32. The lowest BCUT2D eigenvalue weighted by molar-refractivity contribution is -0.113. The number of benzene rings is 3. The lowest BCUT2D eigenvalue weighted by Crippen LogP contribution is -2.64. The monoisotopic (exact) mass is 380 g/mol. The second-order valence-electron chi connectivity index (χ2n) is 7.33. The summed E-state index contributed by atoms with van der Waals surface area (Å²) in [4.78, 5) is 12.4. The van der Waals surface area contributed by atoms with Gasteiger partial charge in [0, 0.05) is 0 Å². The summed E-state index contributed by atoms with van der Waals surface area (Å²) >= 11 is 0. The van der Waals surface area contributed by atoms with Crippen LogP contribution in [0.3, 0.4) is 0 Å². The Kier molecular flexibility index (Phi) is 5.15. The molecule has 1 aliphatic heterocycles. The maximum absolute atomic E-state index is 12.4. The predicted molar refractivity (Wildman–Crippen MR) is 117 cm³/mol. The fraction of sp³-hybridized carbons (Fsp3) is 0.115. The summed E-state index contributed by atoms with van der Waals surface area (Å²) in [5, 5.41) is 6.95. The van der Waals surface area contributed by atoms with Gasteiger partial charge in [-0.25, -0.2) is 0 Å². The Morgan fingerprint density at radius 1 is 0.793 bits per heavy atom. The molecule has 0 saturated heterocycles. The first kappa shape index (κ1) is 18.9. The SMILES string of the molecule is CC1=CC(C=O)(NC(c2ccccc2)(c2ccccc2)c2ccccc2)NC=C1. The van der Waals surface area contributed by atoms with E-state index in [1.807, 2.05) is 79.9 Å². The van der Waals surface area contributed by atoms with Crippen LogP contribution in [0.4, 0.5) is 0 Å². The van der Waals surface area contributed by atoms with Crippen molar-refractivity contribution in [2.75, 3.05) is 0 Å². The summed E-state index contributed by atoms with van der Waals surface area (Å²) in [6, 6.07) is 30.8. The minimum absolute atomic E-state index is 0.736. The molecular weight excluding hydrogens is 356 g/mol. The lowest BCUT2D eigenvalue weighted by atomic mass is 9.75. The number of nitrogens with one attached hydrogen (secondary N) is 2. The van der Waals surface area contributed by atoms with Crippen LogP contribution in [-0.2, 0) is 10.3 Å². The third kappa shape index (κ3) is 3.53. The fourth-order valence-electron chi connectivity index (χ4n) is 4.02. The highest BCUT2D eigenvalue weighted by atomic mass is 16.1. The number of rotatable bonds is 6. The van der Waals surface area contributed by atoms with Gasteiger partial charge in [0.1, 0.15) is 0 Å². The second-order valence-corrected chi connectivity index (χ2v) is 7.33. The molecule has 29 heavy (non-hydrogen) atoms. The summed E-state index contributed by atoms with van der Waals surface area (Å²) in [7, 11) is 0. The summed E-state index contributed by atoms with van der Waals surface area (Å²) in [5.74, 6) is 0. The summed E-state index contributed by atoms with van der Waals surface area (Å²) in [6.45, 7) is 1.99. The van der Waals surface area contributed by atoms with Crippen molar-refractivity contribution in [3.63, 3.8) is 0 Å². The van der Waals surface area contributed by atoms with Gasteiger partial charge in [0.25, 0.3) is 0 Å².